The van der Waals surface area contributed by atoms with E-state index in [1.165, 1.54) is 29.5 Å². The Labute approximate surface area is 163 Å². The number of amides is 1. The molecule has 0 atom stereocenters. The number of aryl methyl sites for hydroxylation is 2. The number of aromatic nitrogens is 5. The lowest BCUT2D eigenvalue weighted by Crippen LogP contribution is -2.14. The minimum Gasteiger partial charge on any atom is -0.338 e. The van der Waals surface area contributed by atoms with Gasteiger partial charge in [0.25, 0.3) is 0 Å². The third-order valence-corrected chi connectivity index (χ3v) is 6.44. The first kappa shape index (κ1) is 16.6. The maximum absolute atomic E-state index is 12.3. The number of hydrogen-bond donors (Lipinski definition) is 2. The molecule has 136 valence electrons. The average molecular weight is 397 g/mol. The van der Waals surface area contributed by atoms with E-state index < -0.39 is 0 Å². The van der Waals surface area contributed by atoms with Gasteiger partial charge >= 0.3 is 0 Å². The predicted molar refractivity (Wildman–Crippen MR) is 107 cm³/mol. The summed E-state index contributed by atoms with van der Waals surface area (Å²) in [4.78, 5) is 25.8. The molecule has 1 aromatic carbocycles. The molecule has 0 bridgehead atoms. The van der Waals surface area contributed by atoms with Gasteiger partial charge in [-0.25, -0.2) is 9.97 Å². The summed E-state index contributed by atoms with van der Waals surface area (Å²) in [5, 5.41) is 13.5. The summed E-state index contributed by atoms with van der Waals surface area (Å²) >= 11 is 2.86. The lowest BCUT2D eigenvalue weighted by atomic mass is 10.0. The number of para-hydroxylation sites is 1. The van der Waals surface area contributed by atoms with Gasteiger partial charge in [-0.15, -0.1) is 21.5 Å². The molecule has 0 radical (unpaired) electrons. The van der Waals surface area contributed by atoms with E-state index in [2.05, 4.69) is 30.5 Å². The van der Waals surface area contributed by atoms with Gasteiger partial charge in [0.15, 0.2) is 10.8 Å². The monoisotopic (exact) mass is 396 g/mol. The van der Waals surface area contributed by atoms with Gasteiger partial charge in [-0.05, 0) is 31.7 Å². The van der Waals surface area contributed by atoms with Crippen LogP contribution < -0.4 is 5.32 Å². The normalized spacial score (nSPS) is 13.8. The highest BCUT2D eigenvalue weighted by Crippen LogP contribution is 2.29. The van der Waals surface area contributed by atoms with Crippen molar-refractivity contribution in [1.82, 2.24) is 25.1 Å². The average Bonchev–Trinajstić information content (AvgIpc) is 3.26. The van der Waals surface area contributed by atoms with Crippen molar-refractivity contribution in [2.24, 2.45) is 0 Å². The van der Waals surface area contributed by atoms with Crippen LogP contribution in [0.15, 0.2) is 29.4 Å². The molecular formula is C18H16N6OS2. The van der Waals surface area contributed by atoms with Crippen molar-refractivity contribution in [3.05, 3.63) is 34.8 Å². The SMILES string of the molecule is O=C(CSc1nnc2c(n1)[nH]c1ccccc12)Nc1nc2c(s1)CCCC2. The van der Waals surface area contributed by atoms with Crippen LogP contribution in [0, 0.1) is 0 Å². The lowest BCUT2D eigenvalue weighted by molar-refractivity contribution is -0.113. The zero-order valence-electron chi connectivity index (χ0n) is 14.4. The number of nitrogens with one attached hydrogen (secondary N) is 2. The van der Waals surface area contributed by atoms with Crippen LogP contribution in [-0.4, -0.2) is 36.8 Å². The number of carbonyl (C=O) groups excluding carboxylic acids is 1. The van der Waals surface area contributed by atoms with Gasteiger partial charge in [0.2, 0.25) is 11.1 Å². The molecule has 3 aromatic heterocycles. The Morgan fingerprint density at radius 2 is 2.07 bits per heavy atom. The molecule has 4 aromatic rings. The first-order chi connectivity index (χ1) is 13.3. The van der Waals surface area contributed by atoms with Crippen molar-refractivity contribution < 1.29 is 4.79 Å². The summed E-state index contributed by atoms with van der Waals surface area (Å²) in [5.41, 5.74) is 3.54. The summed E-state index contributed by atoms with van der Waals surface area (Å²) < 4.78 is 0. The predicted octanol–water partition coefficient (Wildman–Crippen LogP) is 3.57. The summed E-state index contributed by atoms with van der Waals surface area (Å²) in [7, 11) is 0. The molecule has 1 aliphatic carbocycles. The molecule has 5 rings (SSSR count). The van der Waals surface area contributed by atoms with Crippen molar-refractivity contribution in [2.75, 3.05) is 11.1 Å². The van der Waals surface area contributed by atoms with Crippen LogP contribution in [0.2, 0.25) is 0 Å². The van der Waals surface area contributed by atoms with Crippen LogP contribution >= 0.6 is 23.1 Å². The minimum absolute atomic E-state index is 0.105. The van der Waals surface area contributed by atoms with E-state index in [9.17, 15) is 4.79 Å². The Morgan fingerprint density at radius 3 is 3.00 bits per heavy atom. The van der Waals surface area contributed by atoms with Crippen molar-refractivity contribution in [3.8, 4) is 0 Å². The highest BCUT2D eigenvalue weighted by molar-refractivity contribution is 7.99. The van der Waals surface area contributed by atoms with Crippen LogP contribution in [0.4, 0.5) is 5.13 Å². The summed E-state index contributed by atoms with van der Waals surface area (Å²) in [6.07, 6.45) is 4.47. The van der Waals surface area contributed by atoms with Gasteiger partial charge in [0.05, 0.1) is 11.4 Å². The lowest BCUT2D eigenvalue weighted by Gasteiger charge is -2.06. The smallest absolute Gasteiger partial charge is 0.236 e. The number of hydrogen-bond acceptors (Lipinski definition) is 7. The topological polar surface area (TPSA) is 96.5 Å². The highest BCUT2D eigenvalue weighted by atomic mass is 32.2. The molecule has 0 spiro atoms. The third kappa shape index (κ3) is 3.28. The number of fused-ring (bicyclic) bond motifs is 4. The number of thiazole rings is 1. The molecule has 1 amide bonds. The number of thioether (sulfide) groups is 1. The van der Waals surface area contributed by atoms with Gasteiger partial charge in [-0.2, -0.15) is 0 Å². The number of aromatic amines is 1. The summed E-state index contributed by atoms with van der Waals surface area (Å²) in [6, 6.07) is 7.88. The molecule has 1 aliphatic rings. The Morgan fingerprint density at radius 1 is 1.19 bits per heavy atom. The summed E-state index contributed by atoms with van der Waals surface area (Å²) in [6.45, 7) is 0. The van der Waals surface area contributed by atoms with Gasteiger partial charge in [0, 0.05) is 15.8 Å². The van der Waals surface area contributed by atoms with E-state index in [1.807, 2.05) is 24.3 Å². The molecular weight excluding hydrogens is 380 g/mol. The van der Waals surface area contributed by atoms with Crippen molar-refractivity contribution in [1.29, 1.82) is 0 Å². The number of rotatable bonds is 4. The summed E-state index contributed by atoms with van der Waals surface area (Å²) in [5.74, 6) is 0.115. The second kappa shape index (κ2) is 6.90. The molecule has 9 heteroatoms. The van der Waals surface area contributed by atoms with Crippen molar-refractivity contribution in [2.45, 2.75) is 30.8 Å². The van der Waals surface area contributed by atoms with Crippen LogP contribution in [0.3, 0.4) is 0 Å². The number of benzene rings is 1. The van der Waals surface area contributed by atoms with Crippen LogP contribution in [0.5, 0.6) is 0 Å². The second-order valence-corrected chi connectivity index (χ2v) is 8.42. The van der Waals surface area contributed by atoms with Gasteiger partial charge in [0.1, 0.15) is 5.52 Å². The number of anilines is 1. The maximum atomic E-state index is 12.3. The fourth-order valence-corrected chi connectivity index (χ4v) is 4.91. The molecule has 0 fully saturated rings. The van der Waals surface area contributed by atoms with E-state index >= 15 is 0 Å². The number of carbonyl (C=O) groups is 1. The third-order valence-electron chi connectivity index (χ3n) is 4.53. The largest absolute Gasteiger partial charge is 0.338 e. The van der Waals surface area contributed by atoms with E-state index in [-0.39, 0.29) is 11.7 Å². The molecule has 7 nitrogen and oxygen atoms in total. The Kier molecular flexibility index (Phi) is 4.25. The van der Waals surface area contributed by atoms with Gasteiger partial charge < -0.3 is 10.3 Å². The van der Waals surface area contributed by atoms with Crippen molar-refractivity contribution in [3.63, 3.8) is 0 Å². The molecule has 3 heterocycles. The van der Waals surface area contributed by atoms with Crippen LogP contribution in [0.1, 0.15) is 23.4 Å². The minimum atomic E-state index is -0.105. The Balaban J connectivity index is 1.27. The fourth-order valence-electron chi connectivity index (χ4n) is 3.26. The van der Waals surface area contributed by atoms with E-state index in [0.29, 0.717) is 15.9 Å². The molecule has 0 unspecified atom stereocenters. The highest BCUT2D eigenvalue weighted by Gasteiger charge is 2.17. The second-order valence-electron chi connectivity index (χ2n) is 6.40. The standard InChI is InChI=1S/C18H16N6OS2/c25-14(21-17-20-12-7-3-4-8-13(12)27-17)9-26-18-22-16-15(23-24-18)10-5-1-2-6-11(10)19-16/h1-2,5-6H,3-4,7-9H2,(H,19,22,24)(H,20,21,25). The fraction of sp³-hybridized carbons (Fsp3) is 0.278. The Hall–Kier alpha value is -2.52. The zero-order valence-corrected chi connectivity index (χ0v) is 16.0. The first-order valence-corrected chi connectivity index (χ1v) is 10.6. The van der Waals surface area contributed by atoms with Crippen molar-refractivity contribution >= 4 is 56.2 Å². The maximum Gasteiger partial charge on any atom is 0.236 e. The van der Waals surface area contributed by atoms with Crippen LogP contribution in [0.25, 0.3) is 22.1 Å². The van der Waals surface area contributed by atoms with Gasteiger partial charge in [-0.1, -0.05) is 30.0 Å². The van der Waals surface area contributed by atoms with Crippen LogP contribution in [-0.2, 0) is 17.6 Å². The number of nitrogens with zero attached hydrogens (tertiary/aromatic N) is 4. The van der Waals surface area contributed by atoms with Gasteiger partial charge in [-0.3, -0.25) is 4.79 Å². The van der Waals surface area contributed by atoms with E-state index in [0.717, 1.165) is 35.0 Å². The molecule has 27 heavy (non-hydrogen) atoms. The molecule has 2 N–H and O–H groups in total. The molecule has 0 saturated carbocycles. The number of H-pyrrole nitrogens is 1. The zero-order chi connectivity index (χ0) is 18.2. The van der Waals surface area contributed by atoms with E-state index in [1.54, 1.807) is 11.3 Å². The first-order valence-electron chi connectivity index (χ1n) is 8.78. The molecule has 0 saturated heterocycles. The quantitative estimate of drug-likeness (QED) is 0.512. The molecule has 0 aliphatic heterocycles. The Bertz CT molecular complexity index is 1130. The van der Waals surface area contributed by atoms with E-state index in [4.69, 9.17) is 0 Å².